The topological polar surface area (TPSA) is 107 Å². The monoisotopic (exact) mass is 156 g/mol. The summed E-state index contributed by atoms with van der Waals surface area (Å²) in [7, 11) is -1.52. The van der Waals surface area contributed by atoms with Crippen molar-refractivity contribution < 1.29 is 24.3 Å². The Hall–Kier alpha value is -0.710. The van der Waals surface area contributed by atoms with E-state index >= 15 is 0 Å². The Morgan fingerprint density at radius 2 is 1.67 bits per heavy atom. The van der Waals surface area contributed by atoms with Crippen LogP contribution < -0.4 is 5.32 Å². The first-order valence-corrected chi connectivity index (χ1v) is 2.93. The first-order chi connectivity index (χ1) is 4.00. The Bertz CT molecular complexity index is 99.1. The molecule has 0 bridgehead atoms. The van der Waals surface area contributed by atoms with Crippen LogP contribution in [0.25, 0.3) is 0 Å². The van der Waals surface area contributed by atoms with Crippen molar-refractivity contribution in [3.8, 4) is 0 Å². The normalized spacial score (nSPS) is 6.56. The second kappa shape index (κ2) is 7.29. The van der Waals surface area contributed by atoms with Crippen LogP contribution in [0.2, 0.25) is 0 Å². The maximum absolute atomic E-state index is 9.26. The number of hydrogen-bond acceptors (Lipinski definition) is 2. The zero-order valence-corrected chi connectivity index (χ0v) is 5.50. The fourth-order valence-corrected chi connectivity index (χ4v) is 0. The number of carboxylic acid groups (broad SMARTS) is 1. The maximum Gasteiger partial charge on any atom is 0.692 e. The Morgan fingerprint density at radius 3 is 1.67 bits per heavy atom. The van der Waals surface area contributed by atoms with Crippen molar-refractivity contribution in [2.75, 3.05) is 7.05 Å². The summed E-state index contributed by atoms with van der Waals surface area (Å²) in [5.74, 6) is 0. The van der Waals surface area contributed by atoms with Crippen molar-refractivity contribution in [3.63, 3.8) is 0 Å². The lowest BCUT2D eigenvalue weighted by Crippen LogP contribution is -2.13. The van der Waals surface area contributed by atoms with Crippen LogP contribution in [-0.4, -0.2) is 28.0 Å². The molecule has 0 unspecified atom stereocenters. The third-order valence-corrected chi connectivity index (χ3v) is 0.214. The van der Waals surface area contributed by atoms with Crippen LogP contribution in [0.15, 0.2) is 0 Å². The molecule has 0 spiro atoms. The van der Waals surface area contributed by atoms with Crippen molar-refractivity contribution in [3.05, 3.63) is 0 Å². The van der Waals surface area contributed by atoms with Gasteiger partial charge in [0, 0.05) is 11.6 Å². The second-order valence-electron chi connectivity index (χ2n) is 0.808. The number of nitrogens with one attached hydrogen (secondary N) is 1. The predicted molar refractivity (Wildman–Crippen MR) is 29.1 cm³/mol. The molecule has 0 fully saturated rings. The van der Waals surface area contributed by atoms with E-state index < -0.39 is 14.3 Å². The molecule has 54 valence electrons. The molecule has 0 atom stereocenters. The largest absolute Gasteiger partial charge is 0.692 e. The minimum Gasteiger partial charge on any atom is -0.465 e. The fraction of sp³-hybridized carbons (Fsp3) is 0.500. The zero-order chi connectivity index (χ0) is 7.86. The minimum absolute atomic E-state index is 0.995. The van der Waals surface area contributed by atoms with E-state index in [1.165, 1.54) is 7.05 Å². The van der Waals surface area contributed by atoms with Crippen molar-refractivity contribution in [2.45, 2.75) is 0 Å². The molecule has 0 saturated carbocycles. The summed E-state index contributed by atoms with van der Waals surface area (Å²) >= 11 is 0. The molecule has 0 aliphatic carbocycles. The van der Waals surface area contributed by atoms with E-state index in [0.29, 0.717) is 0 Å². The van der Waals surface area contributed by atoms with E-state index in [1.807, 2.05) is 5.32 Å². The van der Waals surface area contributed by atoms with E-state index in [-0.39, 0.29) is 0 Å². The van der Waals surface area contributed by atoms with Gasteiger partial charge in [-0.3, -0.25) is 0 Å². The Labute approximate surface area is 52.1 Å². The van der Waals surface area contributed by atoms with Crippen molar-refractivity contribution in [1.82, 2.24) is 5.32 Å². The molecular weight excluding hydrogens is 149 g/mol. The summed E-state index contributed by atoms with van der Waals surface area (Å²) in [4.78, 5) is 23.5. The minimum atomic E-state index is -2.87. The molecule has 9 heavy (non-hydrogen) atoms. The summed E-state index contributed by atoms with van der Waals surface area (Å²) in [6, 6.07) is 0. The molecule has 6 nitrogen and oxygen atoms in total. The maximum atomic E-state index is 9.26. The molecule has 4 N–H and O–H groups in total. The average molecular weight is 156 g/mol. The van der Waals surface area contributed by atoms with Crippen molar-refractivity contribution in [1.29, 1.82) is 0 Å². The van der Waals surface area contributed by atoms with Crippen molar-refractivity contribution >= 4 is 14.3 Å². The fourth-order valence-electron chi connectivity index (χ4n) is 0. The predicted octanol–water partition coefficient (Wildman–Crippen LogP) is -0.488. The van der Waals surface area contributed by atoms with E-state index in [1.54, 1.807) is 0 Å². The smallest absolute Gasteiger partial charge is 0.465 e. The van der Waals surface area contributed by atoms with Crippen LogP contribution in [0.4, 0.5) is 4.79 Å². The highest BCUT2D eigenvalue weighted by Gasteiger charge is 1.93. The molecular formula is C2H7NO5P+. The standard InChI is InChI=1S/C2H5NO2.HO3P/c1-3-2(4)5;1-4(2)3/h3H,1H3,(H,4,5);(H-,1,2,3)/p+1. The van der Waals surface area contributed by atoms with Gasteiger partial charge in [0.15, 0.2) is 0 Å². The molecule has 1 amide bonds. The highest BCUT2D eigenvalue weighted by atomic mass is 31.1. The van der Waals surface area contributed by atoms with Gasteiger partial charge in [-0.2, -0.15) is 0 Å². The SMILES string of the molecule is CNC(=O)O.O=[P+](O)O. The lowest BCUT2D eigenvalue weighted by atomic mass is 11.1. The molecule has 0 rings (SSSR count). The molecule has 0 aliphatic rings. The van der Waals surface area contributed by atoms with E-state index in [0.717, 1.165) is 0 Å². The summed E-state index contributed by atoms with van der Waals surface area (Å²) in [6.45, 7) is 0. The molecule has 7 heteroatoms. The zero-order valence-electron chi connectivity index (χ0n) is 4.61. The lowest BCUT2D eigenvalue weighted by molar-refractivity contribution is 0.197. The lowest BCUT2D eigenvalue weighted by Gasteiger charge is -1.78. The van der Waals surface area contributed by atoms with Gasteiger partial charge in [0.1, 0.15) is 0 Å². The van der Waals surface area contributed by atoms with Gasteiger partial charge in [-0.05, 0) is 0 Å². The van der Waals surface area contributed by atoms with Gasteiger partial charge in [0.25, 0.3) is 0 Å². The van der Waals surface area contributed by atoms with Crippen LogP contribution >= 0.6 is 8.25 Å². The number of hydrogen-bond donors (Lipinski definition) is 4. The molecule has 0 saturated heterocycles. The average Bonchev–Trinajstić information content (AvgIpc) is 1.65. The quantitative estimate of drug-likeness (QED) is 0.354. The van der Waals surface area contributed by atoms with Gasteiger partial charge in [-0.1, -0.05) is 0 Å². The summed E-state index contributed by atoms with van der Waals surface area (Å²) in [6.07, 6.45) is -0.995. The van der Waals surface area contributed by atoms with E-state index in [2.05, 4.69) is 0 Å². The Balaban J connectivity index is 0. The van der Waals surface area contributed by atoms with Gasteiger partial charge < -0.3 is 10.4 Å². The Morgan fingerprint density at radius 1 is 1.56 bits per heavy atom. The molecule has 0 aromatic carbocycles. The van der Waals surface area contributed by atoms with Crippen molar-refractivity contribution in [2.24, 2.45) is 0 Å². The number of carbonyl (C=O) groups is 1. The van der Waals surface area contributed by atoms with Gasteiger partial charge in [-0.15, -0.1) is 9.79 Å². The third kappa shape index (κ3) is 123. The first kappa shape index (κ1) is 11.1. The van der Waals surface area contributed by atoms with Crippen LogP contribution in [0.5, 0.6) is 0 Å². The van der Waals surface area contributed by atoms with Crippen LogP contribution in [0.1, 0.15) is 0 Å². The highest BCUT2D eigenvalue weighted by Crippen LogP contribution is 1.98. The summed E-state index contributed by atoms with van der Waals surface area (Å²) < 4.78 is 8.70. The van der Waals surface area contributed by atoms with Crippen LogP contribution in [0.3, 0.4) is 0 Å². The van der Waals surface area contributed by atoms with Gasteiger partial charge >= 0.3 is 14.3 Å². The first-order valence-electron chi connectivity index (χ1n) is 1.76. The van der Waals surface area contributed by atoms with Gasteiger partial charge in [0.05, 0.1) is 0 Å². The van der Waals surface area contributed by atoms with E-state index in [9.17, 15) is 4.79 Å². The molecule has 0 heterocycles. The molecule has 0 aromatic heterocycles. The third-order valence-electron chi connectivity index (χ3n) is 0.214. The second-order valence-corrected chi connectivity index (χ2v) is 1.31. The molecule has 0 radical (unpaired) electrons. The van der Waals surface area contributed by atoms with E-state index in [4.69, 9.17) is 19.5 Å². The molecule has 0 aromatic rings. The van der Waals surface area contributed by atoms with Crippen LogP contribution in [0, 0.1) is 0 Å². The summed E-state index contributed by atoms with van der Waals surface area (Å²) in [5.41, 5.74) is 0. The Kier molecular flexibility index (Phi) is 9.02. The van der Waals surface area contributed by atoms with Crippen LogP contribution in [-0.2, 0) is 4.57 Å². The number of amides is 1. The highest BCUT2D eigenvalue weighted by molar-refractivity contribution is 7.30. The number of rotatable bonds is 0. The molecule has 0 aliphatic heterocycles. The van der Waals surface area contributed by atoms with Gasteiger partial charge in [0.2, 0.25) is 0 Å². The van der Waals surface area contributed by atoms with Gasteiger partial charge in [-0.25, -0.2) is 4.79 Å². The summed E-state index contributed by atoms with van der Waals surface area (Å²) in [5, 5.41) is 9.56.